The molecule has 2 atom stereocenters. The summed E-state index contributed by atoms with van der Waals surface area (Å²) in [6.07, 6.45) is 2.99. The topological polar surface area (TPSA) is 48.5 Å². The van der Waals surface area contributed by atoms with Gasteiger partial charge in [0, 0.05) is 25.2 Å². The fourth-order valence-electron chi connectivity index (χ4n) is 3.98. The van der Waals surface area contributed by atoms with Crippen LogP contribution < -0.4 is 5.32 Å². The van der Waals surface area contributed by atoms with Gasteiger partial charge in [-0.3, -0.25) is 9.69 Å². The van der Waals surface area contributed by atoms with Crippen molar-refractivity contribution < 1.29 is 13.6 Å². The van der Waals surface area contributed by atoms with Crippen LogP contribution in [0.5, 0.6) is 0 Å². The summed E-state index contributed by atoms with van der Waals surface area (Å²) >= 11 is 1.10. The third kappa shape index (κ3) is 3.58. The zero-order valence-electron chi connectivity index (χ0n) is 14.7. The molecule has 1 aromatic carbocycles. The molecule has 140 valence electrons. The monoisotopic (exact) mass is 380 g/mol. The largest absolute Gasteiger partial charge is 0.305 e. The number of halogens is 2. The lowest BCUT2D eigenvalue weighted by atomic mass is 9.95. The molecule has 0 radical (unpaired) electrons. The molecule has 2 aromatic rings. The second-order valence-electron chi connectivity index (χ2n) is 7.28. The van der Waals surface area contributed by atoms with Crippen molar-refractivity contribution in [3.63, 3.8) is 0 Å². The first-order valence-corrected chi connectivity index (χ1v) is 9.80. The average molecular weight is 380 g/mol. The number of carbonyl (C=O) groups is 1. The molecule has 2 saturated heterocycles. The maximum Gasteiger partial charge on any atom is 0.230 e. The van der Waals surface area contributed by atoms with E-state index < -0.39 is 11.6 Å². The number of hydrogen-bond donors (Lipinski definition) is 1. The Bertz CT molecular complexity index is 827. The van der Waals surface area contributed by atoms with Crippen LogP contribution in [0.25, 0.3) is 10.2 Å². The predicted molar refractivity (Wildman–Crippen MR) is 98.4 cm³/mol. The Morgan fingerprint density at radius 3 is 2.88 bits per heavy atom. The van der Waals surface area contributed by atoms with E-state index in [2.05, 4.69) is 27.1 Å². The van der Waals surface area contributed by atoms with Crippen LogP contribution in [0, 0.1) is 17.6 Å². The first-order chi connectivity index (χ1) is 12.5. The number of likely N-dealkylation sites (N-methyl/N-ethyl adjacent to an activating group) is 1. The molecule has 1 amide bonds. The number of aromatic nitrogens is 1. The zero-order valence-corrected chi connectivity index (χ0v) is 15.5. The number of piperidine rings is 1. The van der Waals surface area contributed by atoms with Crippen molar-refractivity contribution in [2.24, 2.45) is 5.92 Å². The van der Waals surface area contributed by atoms with Crippen molar-refractivity contribution in [2.75, 3.05) is 38.5 Å². The maximum atomic E-state index is 13.8. The molecule has 2 aliphatic heterocycles. The highest BCUT2D eigenvalue weighted by Crippen LogP contribution is 2.30. The van der Waals surface area contributed by atoms with Gasteiger partial charge in [-0.2, -0.15) is 0 Å². The van der Waals surface area contributed by atoms with Gasteiger partial charge in [0.15, 0.2) is 10.9 Å². The van der Waals surface area contributed by atoms with E-state index in [0.29, 0.717) is 15.9 Å². The van der Waals surface area contributed by atoms with Crippen LogP contribution in [-0.4, -0.2) is 60.0 Å². The second-order valence-corrected chi connectivity index (χ2v) is 8.31. The molecule has 8 heteroatoms. The van der Waals surface area contributed by atoms with Crippen LogP contribution in [0.1, 0.15) is 19.3 Å². The van der Waals surface area contributed by atoms with Crippen molar-refractivity contribution in [1.82, 2.24) is 14.8 Å². The quantitative estimate of drug-likeness (QED) is 0.890. The number of thiazole rings is 1. The van der Waals surface area contributed by atoms with Crippen molar-refractivity contribution in [3.8, 4) is 0 Å². The van der Waals surface area contributed by atoms with E-state index in [4.69, 9.17) is 0 Å². The highest BCUT2D eigenvalue weighted by molar-refractivity contribution is 7.22. The van der Waals surface area contributed by atoms with Gasteiger partial charge in [0.25, 0.3) is 0 Å². The van der Waals surface area contributed by atoms with E-state index in [1.165, 1.54) is 6.07 Å². The Morgan fingerprint density at radius 1 is 1.27 bits per heavy atom. The number of nitrogens with one attached hydrogen (secondary N) is 1. The summed E-state index contributed by atoms with van der Waals surface area (Å²) < 4.78 is 27.5. The van der Waals surface area contributed by atoms with E-state index >= 15 is 0 Å². The number of hydrogen-bond acceptors (Lipinski definition) is 5. The molecule has 0 unspecified atom stereocenters. The van der Waals surface area contributed by atoms with Crippen molar-refractivity contribution >= 4 is 32.6 Å². The van der Waals surface area contributed by atoms with Gasteiger partial charge >= 0.3 is 0 Å². The first-order valence-electron chi connectivity index (χ1n) is 8.98. The van der Waals surface area contributed by atoms with Gasteiger partial charge in [-0.05, 0) is 45.5 Å². The Kier molecular flexibility index (Phi) is 4.90. The van der Waals surface area contributed by atoms with E-state index in [9.17, 15) is 13.6 Å². The number of anilines is 1. The molecular formula is C18H22F2N4OS. The summed E-state index contributed by atoms with van der Waals surface area (Å²) in [5.41, 5.74) is 0.103. The van der Waals surface area contributed by atoms with Gasteiger partial charge in [-0.25, -0.2) is 13.8 Å². The fourth-order valence-corrected chi connectivity index (χ4v) is 4.89. The Labute approximate surface area is 155 Å². The Balaban J connectivity index is 1.43. The third-order valence-electron chi connectivity index (χ3n) is 5.35. The standard InChI is InChI=1S/C18H22F2N4OS/c1-23-6-4-13(10-23)24-5-2-3-11(9-24)17(25)22-18-21-16-14(20)7-12(19)8-15(16)26-18/h7-8,11,13H,2-6,9-10H2,1H3,(H,21,22,25)/t11-,13-/m1/s1. The number of likely N-dealkylation sites (tertiary alicyclic amines) is 2. The van der Waals surface area contributed by atoms with Gasteiger partial charge in [-0.15, -0.1) is 0 Å². The average Bonchev–Trinajstić information content (AvgIpc) is 3.21. The van der Waals surface area contributed by atoms with Gasteiger partial charge in [0.05, 0.1) is 10.6 Å². The minimum Gasteiger partial charge on any atom is -0.305 e. The summed E-state index contributed by atoms with van der Waals surface area (Å²) in [5, 5.41) is 3.14. The molecule has 1 N–H and O–H groups in total. The van der Waals surface area contributed by atoms with Crippen molar-refractivity contribution in [2.45, 2.75) is 25.3 Å². The van der Waals surface area contributed by atoms with Gasteiger partial charge in [0.1, 0.15) is 11.3 Å². The highest BCUT2D eigenvalue weighted by Gasteiger charge is 2.32. The van der Waals surface area contributed by atoms with Crippen molar-refractivity contribution in [1.29, 1.82) is 0 Å². The molecule has 0 saturated carbocycles. The molecule has 5 nitrogen and oxygen atoms in total. The fraction of sp³-hybridized carbons (Fsp3) is 0.556. The van der Waals surface area contributed by atoms with Crippen LogP contribution in [0.15, 0.2) is 12.1 Å². The highest BCUT2D eigenvalue weighted by atomic mass is 32.1. The summed E-state index contributed by atoms with van der Waals surface area (Å²) in [7, 11) is 2.13. The number of benzene rings is 1. The molecule has 0 spiro atoms. The minimum absolute atomic E-state index is 0.0824. The molecule has 1 aromatic heterocycles. The molecule has 2 aliphatic rings. The number of nitrogens with zero attached hydrogens (tertiary/aromatic N) is 3. The zero-order chi connectivity index (χ0) is 18.3. The van der Waals surface area contributed by atoms with Crippen LogP contribution in [-0.2, 0) is 4.79 Å². The van der Waals surface area contributed by atoms with Gasteiger partial charge in [-0.1, -0.05) is 11.3 Å². The summed E-state index contributed by atoms with van der Waals surface area (Å²) in [6.45, 7) is 3.94. The number of rotatable bonds is 3. The number of fused-ring (bicyclic) bond motifs is 1. The number of amides is 1. The van der Waals surface area contributed by atoms with E-state index in [0.717, 1.165) is 62.8 Å². The van der Waals surface area contributed by atoms with Crippen LogP contribution >= 0.6 is 11.3 Å². The predicted octanol–water partition coefficient (Wildman–Crippen LogP) is 2.93. The molecule has 2 fully saturated rings. The Hall–Kier alpha value is -1.64. The molecule has 0 aliphatic carbocycles. The third-order valence-corrected chi connectivity index (χ3v) is 6.27. The Morgan fingerprint density at radius 2 is 2.12 bits per heavy atom. The minimum atomic E-state index is -0.703. The van der Waals surface area contributed by atoms with E-state index in [1.54, 1.807) is 0 Å². The normalized spacial score (nSPS) is 25.0. The van der Waals surface area contributed by atoms with Crippen LogP contribution in [0.4, 0.5) is 13.9 Å². The molecule has 3 heterocycles. The molecule has 0 bridgehead atoms. The lowest BCUT2D eigenvalue weighted by Gasteiger charge is -2.36. The maximum absolute atomic E-state index is 13.8. The summed E-state index contributed by atoms with van der Waals surface area (Å²) in [6, 6.07) is 2.57. The molecular weight excluding hydrogens is 358 g/mol. The van der Waals surface area contributed by atoms with Gasteiger partial charge < -0.3 is 10.2 Å². The second kappa shape index (κ2) is 7.17. The van der Waals surface area contributed by atoms with Gasteiger partial charge in [0.2, 0.25) is 5.91 Å². The van der Waals surface area contributed by atoms with Crippen LogP contribution in [0.3, 0.4) is 0 Å². The first kappa shape index (κ1) is 17.8. The van der Waals surface area contributed by atoms with E-state index in [-0.39, 0.29) is 17.3 Å². The lowest BCUT2D eigenvalue weighted by Crippen LogP contribution is -2.46. The molecule has 4 rings (SSSR count). The van der Waals surface area contributed by atoms with Crippen LogP contribution in [0.2, 0.25) is 0 Å². The summed E-state index contributed by atoms with van der Waals surface area (Å²) in [5.74, 6) is -1.52. The number of carbonyl (C=O) groups excluding carboxylic acids is 1. The smallest absolute Gasteiger partial charge is 0.230 e. The summed E-state index contributed by atoms with van der Waals surface area (Å²) in [4.78, 5) is 21.5. The van der Waals surface area contributed by atoms with E-state index in [1.807, 2.05) is 0 Å². The lowest BCUT2D eigenvalue weighted by molar-refractivity contribution is -0.121. The SMILES string of the molecule is CN1CC[C@@H](N2CCC[C@@H](C(=O)Nc3nc4c(F)cc(F)cc4s3)C2)C1. The molecule has 26 heavy (non-hydrogen) atoms. The van der Waals surface area contributed by atoms with Crippen molar-refractivity contribution in [3.05, 3.63) is 23.8 Å².